The Morgan fingerprint density at radius 3 is 3.00 bits per heavy atom. The van der Waals surface area contributed by atoms with E-state index in [-0.39, 0.29) is 0 Å². The van der Waals surface area contributed by atoms with Crippen LogP contribution in [0.1, 0.15) is 26.2 Å². The van der Waals surface area contributed by atoms with E-state index in [1.165, 1.54) is 19.3 Å². The van der Waals surface area contributed by atoms with Crippen molar-refractivity contribution in [2.24, 2.45) is 5.92 Å². The van der Waals surface area contributed by atoms with E-state index in [0.717, 1.165) is 26.4 Å². The van der Waals surface area contributed by atoms with Crippen LogP contribution in [0.15, 0.2) is 0 Å². The van der Waals surface area contributed by atoms with E-state index in [9.17, 15) is 0 Å². The highest BCUT2D eigenvalue weighted by Crippen LogP contribution is 2.11. The summed E-state index contributed by atoms with van der Waals surface area (Å²) in [7, 11) is 1.77. The van der Waals surface area contributed by atoms with Crippen molar-refractivity contribution >= 4 is 0 Å². The second kappa shape index (κ2) is 7.21. The van der Waals surface area contributed by atoms with Gasteiger partial charge in [-0.15, -0.1) is 0 Å². The van der Waals surface area contributed by atoms with Gasteiger partial charge in [-0.05, 0) is 18.8 Å². The fraction of sp³-hybridized carbons (Fsp3) is 1.00. The molecule has 1 N–H and O–H groups in total. The molecule has 1 fully saturated rings. The molecule has 14 heavy (non-hydrogen) atoms. The molecule has 0 aromatic carbocycles. The molecule has 1 saturated heterocycles. The molecule has 0 bridgehead atoms. The van der Waals surface area contributed by atoms with Gasteiger partial charge in [-0.2, -0.15) is 0 Å². The highest BCUT2D eigenvalue weighted by Gasteiger charge is 2.16. The normalized spacial score (nSPS) is 24.0. The number of ether oxygens (including phenoxy) is 2. The number of methoxy groups -OCH3 is 1. The molecule has 2 atom stereocenters. The largest absolute Gasteiger partial charge is 0.383 e. The van der Waals surface area contributed by atoms with Crippen molar-refractivity contribution in [2.75, 3.05) is 33.5 Å². The van der Waals surface area contributed by atoms with Gasteiger partial charge in [0, 0.05) is 26.3 Å². The van der Waals surface area contributed by atoms with Gasteiger partial charge in [-0.3, -0.25) is 0 Å². The molecule has 0 aromatic heterocycles. The van der Waals surface area contributed by atoms with Crippen LogP contribution in [-0.4, -0.2) is 39.5 Å². The zero-order chi connectivity index (χ0) is 10.2. The van der Waals surface area contributed by atoms with E-state index in [2.05, 4.69) is 12.2 Å². The summed E-state index contributed by atoms with van der Waals surface area (Å²) in [6, 6.07) is 0.519. The quantitative estimate of drug-likeness (QED) is 0.676. The van der Waals surface area contributed by atoms with Crippen LogP contribution in [0.4, 0.5) is 0 Å². The molecule has 1 aliphatic rings. The molecule has 1 rings (SSSR count). The first kappa shape index (κ1) is 12.0. The lowest BCUT2D eigenvalue weighted by Gasteiger charge is -2.19. The molecule has 84 valence electrons. The predicted molar refractivity (Wildman–Crippen MR) is 57.5 cm³/mol. The number of hydrogen-bond donors (Lipinski definition) is 1. The zero-order valence-electron chi connectivity index (χ0n) is 9.42. The zero-order valence-corrected chi connectivity index (χ0v) is 9.42. The highest BCUT2D eigenvalue weighted by atomic mass is 16.5. The molecule has 1 aliphatic heterocycles. The SMILES string of the molecule is CCCC(COC)NCC1CCOC1. The van der Waals surface area contributed by atoms with Crippen molar-refractivity contribution in [3.05, 3.63) is 0 Å². The maximum absolute atomic E-state index is 5.34. The van der Waals surface area contributed by atoms with E-state index in [0.29, 0.717) is 12.0 Å². The predicted octanol–water partition coefficient (Wildman–Crippen LogP) is 1.43. The summed E-state index contributed by atoms with van der Waals surface area (Å²) in [6.45, 7) is 5.98. The first-order valence-corrected chi connectivity index (χ1v) is 5.66. The summed E-state index contributed by atoms with van der Waals surface area (Å²) in [5, 5.41) is 3.56. The van der Waals surface area contributed by atoms with E-state index in [4.69, 9.17) is 9.47 Å². The van der Waals surface area contributed by atoms with Crippen LogP contribution in [0.5, 0.6) is 0 Å². The molecular formula is C11H23NO2. The van der Waals surface area contributed by atoms with E-state index in [1.54, 1.807) is 7.11 Å². The van der Waals surface area contributed by atoms with Crippen molar-refractivity contribution in [2.45, 2.75) is 32.2 Å². The Morgan fingerprint density at radius 1 is 1.57 bits per heavy atom. The monoisotopic (exact) mass is 201 g/mol. The molecule has 0 saturated carbocycles. The Labute approximate surface area is 87.2 Å². The fourth-order valence-electron chi connectivity index (χ4n) is 1.87. The summed E-state index contributed by atoms with van der Waals surface area (Å²) in [4.78, 5) is 0. The van der Waals surface area contributed by atoms with Crippen molar-refractivity contribution in [3.8, 4) is 0 Å². The Bertz CT molecular complexity index is 129. The lowest BCUT2D eigenvalue weighted by molar-refractivity contribution is 0.155. The molecule has 0 spiro atoms. The standard InChI is InChI=1S/C11H23NO2/c1-3-4-11(9-13-2)12-7-10-5-6-14-8-10/h10-12H,3-9H2,1-2H3. The summed E-state index contributed by atoms with van der Waals surface area (Å²) in [6.07, 6.45) is 3.61. The van der Waals surface area contributed by atoms with Gasteiger partial charge in [-0.25, -0.2) is 0 Å². The van der Waals surface area contributed by atoms with Crippen LogP contribution in [0, 0.1) is 5.92 Å². The molecular weight excluding hydrogens is 178 g/mol. The molecule has 0 amide bonds. The molecule has 0 aromatic rings. The Kier molecular flexibility index (Phi) is 6.15. The second-order valence-electron chi connectivity index (χ2n) is 4.08. The van der Waals surface area contributed by atoms with E-state index < -0.39 is 0 Å². The summed E-state index contributed by atoms with van der Waals surface area (Å²) in [5.41, 5.74) is 0. The molecule has 2 unspecified atom stereocenters. The van der Waals surface area contributed by atoms with Crippen LogP contribution in [0.2, 0.25) is 0 Å². The summed E-state index contributed by atoms with van der Waals surface area (Å²) >= 11 is 0. The van der Waals surface area contributed by atoms with Crippen molar-refractivity contribution in [1.82, 2.24) is 5.32 Å². The lowest BCUT2D eigenvalue weighted by Crippen LogP contribution is -2.36. The first-order valence-electron chi connectivity index (χ1n) is 5.66. The van der Waals surface area contributed by atoms with Gasteiger partial charge in [-0.1, -0.05) is 13.3 Å². The van der Waals surface area contributed by atoms with Gasteiger partial charge in [0.15, 0.2) is 0 Å². The third-order valence-corrected chi connectivity index (χ3v) is 2.72. The Hall–Kier alpha value is -0.120. The molecule has 1 heterocycles. The van der Waals surface area contributed by atoms with Crippen LogP contribution in [0.25, 0.3) is 0 Å². The van der Waals surface area contributed by atoms with Gasteiger partial charge in [0.1, 0.15) is 0 Å². The summed E-state index contributed by atoms with van der Waals surface area (Å²) < 4.78 is 10.5. The van der Waals surface area contributed by atoms with Crippen LogP contribution in [0.3, 0.4) is 0 Å². The van der Waals surface area contributed by atoms with Crippen LogP contribution < -0.4 is 5.32 Å². The first-order chi connectivity index (χ1) is 6.86. The van der Waals surface area contributed by atoms with E-state index in [1.807, 2.05) is 0 Å². The van der Waals surface area contributed by atoms with Crippen LogP contribution in [-0.2, 0) is 9.47 Å². The van der Waals surface area contributed by atoms with Gasteiger partial charge in [0.2, 0.25) is 0 Å². The molecule has 3 heteroatoms. The summed E-state index contributed by atoms with van der Waals surface area (Å²) in [5.74, 6) is 0.714. The molecule has 3 nitrogen and oxygen atoms in total. The minimum Gasteiger partial charge on any atom is -0.383 e. The third kappa shape index (κ3) is 4.40. The average Bonchev–Trinajstić information content (AvgIpc) is 2.67. The highest BCUT2D eigenvalue weighted by molar-refractivity contribution is 4.71. The Balaban J connectivity index is 2.10. The number of hydrogen-bond acceptors (Lipinski definition) is 3. The van der Waals surface area contributed by atoms with Crippen LogP contribution >= 0.6 is 0 Å². The number of rotatable bonds is 7. The van der Waals surface area contributed by atoms with Crippen molar-refractivity contribution < 1.29 is 9.47 Å². The molecule has 0 aliphatic carbocycles. The minimum atomic E-state index is 0.519. The smallest absolute Gasteiger partial charge is 0.0615 e. The number of nitrogens with one attached hydrogen (secondary N) is 1. The maximum Gasteiger partial charge on any atom is 0.0615 e. The van der Waals surface area contributed by atoms with Gasteiger partial charge in [0.05, 0.1) is 13.2 Å². The van der Waals surface area contributed by atoms with E-state index >= 15 is 0 Å². The topological polar surface area (TPSA) is 30.5 Å². The Morgan fingerprint density at radius 2 is 2.43 bits per heavy atom. The lowest BCUT2D eigenvalue weighted by atomic mass is 10.1. The van der Waals surface area contributed by atoms with Gasteiger partial charge < -0.3 is 14.8 Å². The average molecular weight is 201 g/mol. The molecule has 0 radical (unpaired) electrons. The van der Waals surface area contributed by atoms with Gasteiger partial charge in [0.25, 0.3) is 0 Å². The van der Waals surface area contributed by atoms with Crippen molar-refractivity contribution in [1.29, 1.82) is 0 Å². The minimum absolute atomic E-state index is 0.519. The van der Waals surface area contributed by atoms with Gasteiger partial charge >= 0.3 is 0 Å². The fourth-order valence-corrected chi connectivity index (χ4v) is 1.87. The third-order valence-electron chi connectivity index (χ3n) is 2.72. The second-order valence-corrected chi connectivity index (χ2v) is 4.08. The maximum atomic E-state index is 5.34. The van der Waals surface area contributed by atoms with Crippen molar-refractivity contribution in [3.63, 3.8) is 0 Å².